The monoisotopic (exact) mass is 243 g/mol. The molecule has 0 atom stereocenters. The number of hydrogen-bond donors (Lipinski definition) is 1. The number of hydrogen-bond acceptors (Lipinski definition) is 4. The Bertz CT molecular complexity index is 411. The first-order valence-corrected chi connectivity index (χ1v) is 6.83. The summed E-state index contributed by atoms with van der Waals surface area (Å²) in [7, 11) is -1.63. The molecule has 0 radical (unpaired) electrons. The predicted molar refractivity (Wildman–Crippen MR) is 63.6 cm³/mol. The zero-order chi connectivity index (χ0) is 12.0. The van der Waals surface area contributed by atoms with E-state index in [1.807, 2.05) is 6.92 Å². The Morgan fingerprint density at radius 1 is 1.25 bits per heavy atom. The number of ether oxygens (including phenoxy) is 1. The molecule has 4 nitrogen and oxygen atoms in total. The first-order chi connectivity index (χ1) is 7.60. The van der Waals surface area contributed by atoms with Gasteiger partial charge in [-0.15, -0.1) is 0 Å². The van der Waals surface area contributed by atoms with Crippen LogP contribution in [0.15, 0.2) is 29.2 Å². The summed E-state index contributed by atoms with van der Waals surface area (Å²) in [6.45, 7) is 3.20. The van der Waals surface area contributed by atoms with Crippen molar-refractivity contribution in [3.8, 4) is 5.75 Å². The van der Waals surface area contributed by atoms with Gasteiger partial charge in [-0.3, -0.25) is 0 Å². The summed E-state index contributed by atoms with van der Waals surface area (Å²) in [5, 5.41) is 2.99. The van der Waals surface area contributed by atoms with Crippen LogP contribution < -0.4 is 10.1 Å². The summed E-state index contributed by atoms with van der Waals surface area (Å²) < 4.78 is 28.6. The van der Waals surface area contributed by atoms with E-state index in [-0.39, 0.29) is 5.75 Å². The van der Waals surface area contributed by atoms with Crippen LogP contribution in [0.2, 0.25) is 0 Å². The fourth-order valence-electron chi connectivity index (χ4n) is 1.28. The van der Waals surface area contributed by atoms with E-state index in [0.717, 1.165) is 6.54 Å². The second kappa shape index (κ2) is 5.86. The summed E-state index contributed by atoms with van der Waals surface area (Å²) in [5.74, 6) is 0.776. The van der Waals surface area contributed by atoms with Crippen LogP contribution in [0, 0.1) is 0 Å². The quantitative estimate of drug-likeness (QED) is 0.760. The van der Waals surface area contributed by atoms with E-state index in [0.29, 0.717) is 17.2 Å². The average molecular weight is 243 g/mol. The number of rotatable bonds is 6. The van der Waals surface area contributed by atoms with Crippen molar-refractivity contribution in [1.82, 2.24) is 5.32 Å². The lowest BCUT2D eigenvalue weighted by atomic mass is 10.3. The summed E-state index contributed by atoms with van der Waals surface area (Å²) in [5.41, 5.74) is 0. The maximum Gasteiger partial charge on any atom is 0.179 e. The Balaban J connectivity index is 2.74. The third-order valence-electron chi connectivity index (χ3n) is 2.22. The molecule has 0 aliphatic rings. The summed E-state index contributed by atoms with van der Waals surface area (Å²) in [6, 6.07) is 6.44. The Morgan fingerprint density at radius 2 is 1.88 bits per heavy atom. The van der Waals surface area contributed by atoms with Crippen LogP contribution in [0.3, 0.4) is 0 Å². The van der Waals surface area contributed by atoms with Gasteiger partial charge in [0.15, 0.2) is 9.84 Å². The first kappa shape index (κ1) is 13.0. The molecule has 1 aromatic rings. The van der Waals surface area contributed by atoms with Gasteiger partial charge >= 0.3 is 0 Å². The third-order valence-corrected chi connectivity index (χ3v) is 3.95. The molecule has 0 saturated carbocycles. The Hall–Kier alpha value is -1.07. The molecular formula is C11H17NO3S. The zero-order valence-electron chi connectivity index (χ0n) is 9.56. The molecule has 0 unspecified atom stereocenters. The number of sulfone groups is 1. The molecule has 5 heteroatoms. The van der Waals surface area contributed by atoms with Gasteiger partial charge < -0.3 is 10.1 Å². The van der Waals surface area contributed by atoms with Crippen molar-refractivity contribution in [2.75, 3.05) is 26.0 Å². The number of methoxy groups -OCH3 is 1. The van der Waals surface area contributed by atoms with Crippen molar-refractivity contribution in [3.63, 3.8) is 0 Å². The molecule has 0 bridgehead atoms. The zero-order valence-corrected chi connectivity index (χ0v) is 10.4. The smallest absolute Gasteiger partial charge is 0.179 e. The lowest BCUT2D eigenvalue weighted by Crippen LogP contribution is -2.22. The van der Waals surface area contributed by atoms with Crippen molar-refractivity contribution in [2.45, 2.75) is 11.8 Å². The van der Waals surface area contributed by atoms with Gasteiger partial charge in [-0.2, -0.15) is 0 Å². The van der Waals surface area contributed by atoms with Gasteiger partial charge in [0.2, 0.25) is 0 Å². The van der Waals surface area contributed by atoms with Gasteiger partial charge in [0.1, 0.15) is 5.75 Å². The van der Waals surface area contributed by atoms with Gasteiger partial charge in [0, 0.05) is 6.54 Å². The van der Waals surface area contributed by atoms with Crippen LogP contribution in [0.1, 0.15) is 6.92 Å². The minimum atomic E-state index is -3.18. The standard InChI is InChI=1S/C11H17NO3S/c1-3-12-8-9-16(13,14)11-6-4-10(15-2)5-7-11/h4-7,12H,3,8-9H2,1-2H3. The summed E-state index contributed by atoms with van der Waals surface area (Å²) in [4.78, 5) is 0.339. The molecule has 1 N–H and O–H groups in total. The van der Waals surface area contributed by atoms with E-state index in [9.17, 15) is 8.42 Å². The highest BCUT2D eigenvalue weighted by Crippen LogP contribution is 2.16. The average Bonchev–Trinajstić information content (AvgIpc) is 2.29. The Labute approximate surface area is 96.5 Å². The Morgan fingerprint density at radius 3 is 2.38 bits per heavy atom. The number of benzene rings is 1. The molecule has 0 fully saturated rings. The molecule has 1 aromatic carbocycles. The fraction of sp³-hybridized carbons (Fsp3) is 0.455. The first-order valence-electron chi connectivity index (χ1n) is 5.17. The van der Waals surface area contributed by atoms with Crippen molar-refractivity contribution in [1.29, 1.82) is 0 Å². The molecular weight excluding hydrogens is 226 g/mol. The van der Waals surface area contributed by atoms with E-state index >= 15 is 0 Å². The molecule has 90 valence electrons. The van der Waals surface area contributed by atoms with Crippen LogP contribution in [0.5, 0.6) is 5.75 Å². The summed E-state index contributed by atoms with van der Waals surface area (Å²) in [6.07, 6.45) is 0. The van der Waals surface area contributed by atoms with Crippen LogP contribution >= 0.6 is 0 Å². The van der Waals surface area contributed by atoms with Gasteiger partial charge in [0.25, 0.3) is 0 Å². The van der Waals surface area contributed by atoms with E-state index in [4.69, 9.17) is 4.74 Å². The van der Waals surface area contributed by atoms with Crippen LogP contribution in [0.25, 0.3) is 0 Å². The van der Waals surface area contributed by atoms with E-state index < -0.39 is 9.84 Å². The van der Waals surface area contributed by atoms with Crippen molar-refractivity contribution in [3.05, 3.63) is 24.3 Å². The fourth-order valence-corrected chi connectivity index (χ4v) is 2.48. The number of nitrogens with one attached hydrogen (secondary N) is 1. The second-order valence-corrected chi connectivity index (χ2v) is 5.46. The predicted octanol–water partition coefficient (Wildman–Crippen LogP) is 1.08. The summed E-state index contributed by atoms with van der Waals surface area (Å²) >= 11 is 0. The molecule has 0 aromatic heterocycles. The highest BCUT2D eigenvalue weighted by molar-refractivity contribution is 7.91. The molecule has 16 heavy (non-hydrogen) atoms. The topological polar surface area (TPSA) is 55.4 Å². The molecule has 0 saturated heterocycles. The third kappa shape index (κ3) is 3.50. The van der Waals surface area contributed by atoms with E-state index in [2.05, 4.69) is 5.32 Å². The highest BCUT2D eigenvalue weighted by Gasteiger charge is 2.13. The largest absolute Gasteiger partial charge is 0.497 e. The highest BCUT2D eigenvalue weighted by atomic mass is 32.2. The molecule has 0 aliphatic heterocycles. The maximum atomic E-state index is 11.8. The lowest BCUT2D eigenvalue weighted by Gasteiger charge is -2.05. The van der Waals surface area contributed by atoms with Gasteiger partial charge in [-0.25, -0.2) is 8.42 Å². The van der Waals surface area contributed by atoms with E-state index in [1.54, 1.807) is 31.4 Å². The minimum Gasteiger partial charge on any atom is -0.497 e. The Kier molecular flexibility index (Phi) is 4.76. The molecule has 0 aliphatic carbocycles. The van der Waals surface area contributed by atoms with Gasteiger partial charge in [-0.1, -0.05) is 6.92 Å². The minimum absolute atomic E-state index is 0.118. The van der Waals surface area contributed by atoms with E-state index in [1.165, 1.54) is 0 Å². The van der Waals surface area contributed by atoms with Crippen LogP contribution in [0.4, 0.5) is 0 Å². The van der Waals surface area contributed by atoms with Crippen LogP contribution in [-0.2, 0) is 9.84 Å². The van der Waals surface area contributed by atoms with Crippen molar-refractivity contribution >= 4 is 9.84 Å². The second-order valence-electron chi connectivity index (χ2n) is 3.35. The van der Waals surface area contributed by atoms with Crippen molar-refractivity contribution < 1.29 is 13.2 Å². The molecule has 1 rings (SSSR count). The van der Waals surface area contributed by atoms with Gasteiger partial charge in [-0.05, 0) is 30.8 Å². The SMILES string of the molecule is CCNCCS(=O)(=O)c1ccc(OC)cc1. The normalized spacial score (nSPS) is 11.4. The molecule has 0 amide bonds. The van der Waals surface area contributed by atoms with Crippen molar-refractivity contribution in [2.24, 2.45) is 0 Å². The van der Waals surface area contributed by atoms with Gasteiger partial charge in [0.05, 0.1) is 17.8 Å². The van der Waals surface area contributed by atoms with Crippen LogP contribution in [-0.4, -0.2) is 34.4 Å². The lowest BCUT2D eigenvalue weighted by molar-refractivity contribution is 0.414. The molecule has 0 spiro atoms. The maximum absolute atomic E-state index is 11.8. The molecule has 0 heterocycles.